The number of methoxy groups -OCH3 is 1. The third-order valence-corrected chi connectivity index (χ3v) is 4.39. The second kappa shape index (κ2) is 9.09. The van der Waals surface area contributed by atoms with E-state index >= 15 is 0 Å². The first-order valence-electron chi connectivity index (χ1n) is 8.73. The molecule has 2 aromatic heterocycles. The van der Waals surface area contributed by atoms with Crippen LogP contribution in [0.2, 0.25) is 0 Å². The fourth-order valence-corrected chi connectivity index (χ4v) is 3.01. The molecule has 0 aliphatic carbocycles. The zero-order valence-electron chi connectivity index (χ0n) is 15.5. The minimum absolute atomic E-state index is 0.0427. The largest absolute Gasteiger partial charge is 0.619 e. The number of aromatic nitrogens is 2. The van der Waals surface area contributed by atoms with Crippen LogP contribution in [0.25, 0.3) is 0 Å². The molecule has 29 heavy (non-hydrogen) atoms. The summed E-state index contributed by atoms with van der Waals surface area (Å²) < 4.78 is 35.8. The summed E-state index contributed by atoms with van der Waals surface area (Å²) in [5, 5.41) is 11.3. The van der Waals surface area contributed by atoms with E-state index in [0.717, 1.165) is 5.56 Å². The number of carbonyl (C=O) groups excluding carboxylic acids is 1. The zero-order chi connectivity index (χ0) is 20.8. The van der Waals surface area contributed by atoms with Crippen molar-refractivity contribution in [3.8, 4) is 5.75 Å². The highest BCUT2D eigenvalue weighted by Gasteiger charge is 2.22. The molecule has 6 nitrogen and oxygen atoms in total. The number of hydrogen-bond donors (Lipinski definition) is 0. The topological polar surface area (TPSA) is 75.4 Å². The first-order chi connectivity index (χ1) is 14.0. The highest BCUT2D eigenvalue weighted by molar-refractivity contribution is 5.88. The molecule has 1 unspecified atom stereocenters. The standard InChI is InChI=1S/C21H18F2N2O4/c1-28-20(26)15-6-7-18(24-13-15)17(12-14-8-10-25(27)11-9-14)16-4-2-3-5-19(16)29-21(22)23/h2-11,13,17,21H,12H2,1H3. The van der Waals surface area contributed by atoms with Crippen molar-refractivity contribution in [3.63, 3.8) is 0 Å². The lowest BCUT2D eigenvalue weighted by Gasteiger charge is -2.20. The number of ether oxygens (including phenoxy) is 2. The smallest absolute Gasteiger partial charge is 0.387 e. The van der Waals surface area contributed by atoms with Gasteiger partial charge in [0.05, 0.1) is 12.7 Å². The van der Waals surface area contributed by atoms with Crippen LogP contribution >= 0.6 is 0 Å². The summed E-state index contributed by atoms with van der Waals surface area (Å²) in [6, 6.07) is 13.0. The minimum atomic E-state index is -2.97. The van der Waals surface area contributed by atoms with Gasteiger partial charge in [0.1, 0.15) is 5.75 Å². The molecular weight excluding hydrogens is 382 g/mol. The second-order valence-corrected chi connectivity index (χ2v) is 6.20. The van der Waals surface area contributed by atoms with E-state index in [1.54, 1.807) is 42.5 Å². The first-order valence-corrected chi connectivity index (χ1v) is 8.73. The van der Waals surface area contributed by atoms with Crippen molar-refractivity contribution in [2.75, 3.05) is 7.11 Å². The molecule has 8 heteroatoms. The number of alkyl halides is 2. The van der Waals surface area contributed by atoms with Gasteiger partial charge in [0.2, 0.25) is 0 Å². The number of halogens is 2. The minimum Gasteiger partial charge on any atom is -0.619 e. The number of carbonyl (C=O) groups is 1. The van der Waals surface area contributed by atoms with Gasteiger partial charge in [0.15, 0.2) is 12.4 Å². The maximum absolute atomic E-state index is 12.9. The summed E-state index contributed by atoms with van der Waals surface area (Å²) in [6.07, 6.45) is 4.49. The summed E-state index contributed by atoms with van der Waals surface area (Å²) in [5.41, 5.74) is 2.17. The predicted octanol–water partition coefficient (Wildman–Crippen LogP) is 3.48. The van der Waals surface area contributed by atoms with Crippen molar-refractivity contribution in [2.45, 2.75) is 19.0 Å². The molecule has 1 atom stereocenters. The molecular formula is C21H18F2N2O4. The molecule has 0 radical (unpaired) electrons. The van der Waals surface area contributed by atoms with Crippen LogP contribution in [0.1, 0.15) is 33.1 Å². The number of esters is 1. The molecule has 0 aliphatic heterocycles. The van der Waals surface area contributed by atoms with E-state index in [0.29, 0.717) is 22.4 Å². The van der Waals surface area contributed by atoms with E-state index in [2.05, 4.69) is 9.72 Å². The number of nitrogens with zero attached hydrogens (tertiary/aromatic N) is 2. The fraction of sp³-hybridized carbons (Fsp3) is 0.190. The summed E-state index contributed by atoms with van der Waals surface area (Å²) in [4.78, 5) is 16.0. The van der Waals surface area contributed by atoms with E-state index in [-0.39, 0.29) is 11.3 Å². The highest BCUT2D eigenvalue weighted by Crippen LogP contribution is 2.34. The molecule has 0 saturated carbocycles. The van der Waals surface area contributed by atoms with Gasteiger partial charge in [-0.05, 0) is 30.2 Å². The van der Waals surface area contributed by atoms with Gasteiger partial charge < -0.3 is 14.7 Å². The van der Waals surface area contributed by atoms with E-state index in [4.69, 9.17) is 4.74 Å². The molecule has 150 valence electrons. The van der Waals surface area contributed by atoms with E-state index in [1.165, 1.54) is 31.8 Å². The summed E-state index contributed by atoms with van der Waals surface area (Å²) in [6.45, 7) is -2.97. The fourth-order valence-electron chi connectivity index (χ4n) is 3.01. The van der Waals surface area contributed by atoms with Gasteiger partial charge >= 0.3 is 12.6 Å². The van der Waals surface area contributed by atoms with E-state index in [1.807, 2.05) is 0 Å². The lowest BCUT2D eigenvalue weighted by molar-refractivity contribution is -0.605. The molecule has 0 N–H and O–H groups in total. The molecule has 0 amide bonds. The Morgan fingerprint density at radius 1 is 1.14 bits per heavy atom. The SMILES string of the molecule is COC(=O)c1ccc(C(Cc2cc[n+]([O-])cc2)c2ccccc2OC(F)F)nc1. The van der Waals surface area contributed by atoms with Crippen LogP contribution < -0.4 is 9.47 Å². The van der Waals surface area contributed by atoms with E-state index < -0.39 is 18.5 Å². The first kappa shape index (κ1) is 20.2. The Bertz CT molecular complexity index is 963. The van der Waals surface area contributed by atoms with Crippen LogP contribution in [-0.4, -0.2) is 24.7 Å². The van der Waals surface area contributed by atoms with Gasteiger partial charge in [0, 0.05) is 35.5 Å². The van der Waals surface area contributed by atoms with Gasteiger partial charge in [0.25, 0.3) is 0 Å². The van der Waals surface area contributed by atoms with Gasteiger partial charge in [-0.1, -0.05) is 18.2 Å². The van der Waals surface area contributed by atoms with Crippen molar-refractivity contribution in [1.82, 2.24) is 4.98 Å². The number of rotatable bonds is 7. The highest BCUT2D eigenvalue weighted by atomic mass is 19.3. The Morgan fingerprint density at radius 2 is 1.86 bits per heavy atom. The quantitative estimate of drug-likeness (QED) is 0.345. The van der Waals surface area contributed by atoms with Crippen LogP contribution in [0, 0.1) is 5.21 Å². The van der Waals surface area contributed by atoms with Gasteiger partial charge in [-0.2, -0.15) is 13.5 Å². The molecule has 3 rings (SSSR count). The molecule has 0 saturated heterocycles. The average Bonchev–Trinajstić information content (AvgIpc) is 2.73. The molecule has 0 spiro atoms. The van der Waals surface area contributed by atoms with Gasteiger partial charge in [-0.25, -0.2) is 4.79 Å². The molecule has 0 aliphatic rings. The Kier molecular flexibility index (Phi) is 6.33. The summed E-state index contributed by atoms with van der Waals surface area (Å²) >= 11 is 0. The van der Waals surface area contributed by atoms with Crippen molar-refractivity contribution in [3.05, 3.63) is 94.7 Å². The Morgan fingerprint density at radius 3 is 2.48 bits per heavy atom. The van der Waals surface area contributed by atoms with Crippen LogP contribution in [0.15, 0.2) is 67.1 Å². The molecule has 2 heterocycles. The summed E-state index contributed by atoms with van der Waals surface area (Å²) in [7, 11) is 1.27. The lowest BCUT2D eigenvalue weighted by Crippen LogP contribution is -2.24. The molecule has 1 aromatic carbocycles. The Balaban J connectivity index is 2.02. The van der Waals surface area contributed by atoms with Crippen molar-refractivity contribution in [2.24, 2.45) is 0 Å². The second-order valence-electron chi connectivity index (χ2n) is 6.20. The van der Waals surface area contributed by atoms with Crippen LogP contribution in [-0.2, 0) is 11.2 Å². The van der Waals surface area contributed by atoms with E-state index in [9.17, 15) is 18.8 Å². The zero-order valence-corrected chi connectivity index (χ0v) is 15.5. The number of benzene rings is 1. The van der Waals surface area contributed by atoms with Crippen molar-refractivity contribution < 1.29 is 27.8 Å². The van der Waals surface area contributed by atoms with Crippen molar-refractivity contribution in [1.29, 1.82) is 0 Å². The average molecular weight is 400 g/mol. The van der Waals surface area contributed by atoms with Gasteiger partial charge in [-0.3, -0.25) is 4.98 Å². The molecule has 0 bridgehead atoms. The number of para-hydroxylation sites is 1. The maximum atomic E-state index is 12.9. The monoisotopic (exact) mass is 400 g/mol. The Hall–Kier alpha value is -3.55. The summed E-state index contributed by atoms with van der Waals surface area (Å²) in [5.74, 6) is -0.926. The third-order valence-electron chi connectivity index (χ3n) is 4.39. The predicted molar refractivity (Wildman–Crippen MR) is 99.6 cm³/mol. The van der Waals surface area contributed by atoms with Crippen LogP contribution in [0.5, 0.6) is 5.75 Å². The molecule has 3 aromatic rings. The normalized spacial score (nSPS) is 11.9. The van der Waals surface area contributed by atoms with Gasteiger partial charge in [-0.15, -0.1) is 0 Å². The third kappa shape index (κ3) is 5.04. The van der Waals surface area contributed by atoms with Crippen molar-refractivity contribution >= 4 is 5.97 Å². The number of pyridine rings is 2. The van der Waals surface area contributed by atoms with Crippen LogP contribution in [0.4, 0.5) is 8.78 Å². The Labute approximate surface area is 165 Å². The maximum Gasteiger partial charge on any atom is 0.387 e. The number of hydrogen-bond acceptors (Lipinski definition) is 5. The lowest BCUT2D eigenvalue weighted by atomic mass is 9.88. The molecule has 0 fully saturated rings. The van der Waals surface area contributed by atoms with Crippen LogP contribution in [0.3, 0.4) is 0 Å².